The van der Waals surface area contributed by atoms with Gasteiger partial charge in [-0.3, -0.25) is 4.79 Å². The Balaban J connectivity index is 2.58. The molecule has 0 aliphatic heterocycles. The fourth-order valence-corrected chi connectivity index (χ4v) is 1.73. The Morgan fingerprint density at radius 3 is 2.68 bits per heavy atom. The van der Waals surface area contributed by atoms with Gasteiger partial charge in [-0.05, 0) is 24.6 Å². The molecule has 0 aliphatic carbocycles. The molecule has 0 aromatic heterocycles. The predicted octanol–water partition coefficient (Wildman–Crippen LogP) is 1.96. The highest BCUT2D eigenvalue weighted by atomic mass is 35.5. The molecule has 104 valence electrons. The molecule has 0 spiro atoms. The van der Waals surface area contributed by atoms with E-state index in [2.05, 4.69) is 0 Å². The molecule has 19 heavy (non-hydrogen) atoms. The van der Waals surface area contributed by atoms with Crippen molar-refractivity contribution in [3.05, 3.63) is 34.9 Å². The largest absolute Gasteiger partial charge is 0.480 e. The number of carbonyl (C=O) groups excluding carboxylic acids is 1. The molecule has 1 N–H and O–H groups in total. The van der Waals surface area contributed by atoms with E-state index >= 15 is 0 Å². The lowest BCUT2D eigenvalue weighted by Crippen LogP contribution is -2.33. The highest BCUT2D eigenvalue weighted by Gasteiger charge is 2.17. The summed E-state index contributed by atoms with van der Waals surface area (Å²) in [5, 5.41) is 9.02. The Morgan fingerprint density at radius 2 is 2.11 bits per heavy atom. The highest BCUT2D eigenvalue weighted by Crippen LogP contribution is 2.21. The van der Waals surface area contributed by atoms with Crippen molar-refractivity contribution >= 4 is 23.5 Å². The van der Waals surface area contributed by atoms with Gasteiger partial charge < -0.3 is 14.7 Å². The van der Waals surface area contributed by atoms with Crippen LogP contribution in [-0.2, 0) is 14.3 Å². The smallest absolute Gasteiger partial charge is 0.329 e. The van der Waals surface area contributed by atoms with Gasteiger partial charge in [0.15, 0.2) is 0 Å². The maximum Gasteiger partial charge on any atom is 0.329 e. The lowest BCUT2D eigenvalue weighted by Gasteiger charge is -2.25. The van der Waals surface area contributed by atoms with Crippen LogP contribution in [0.1, 0.15) is 18.5 Å². The van der Waals surface area contributed by atoms with E-state index in [0.29, 0.717) is 5.02 Å². The second-order valence-electron chi connectivity index (χ2n) is 4.12. The fourth-order valence-electron chi connectivity index (χ4n) is 1.53. The maximum atomic E-state index is 11.8. The van der Waals surface area contributed by atoms with E-state index in [1.807, 2.05) is 19.1 Å². The van der Waals surface area contributed by atoms with E-state index in [-0.39, 0.29) is 18.6 Å². The Bertz CT molecular complexity index is 464. The van der Waals surface area contributed by atoms with Gasteiger partial charge in [0.1, 0.15) is 13.2 Å². The lowest BCUT2D eigenvalue weighted by atomic mass is 10.1. The van der Waals surface area contributed by atoms with Crippen molar-refractivity contribution in [3.63, 3.8) is 0 Å². The molecule has 1 aromatic rings. The first-order valence-electron chi connectivity index (χ1n) is 5.72. The number of carboxylic acid groups (broad SMARTS) is 1. The molecule has 0 aliphatic rings. The van der Waals surface area contributed by atoms with Gasteiger partial charge in [-0.2, -0.15) is 0 Å². The van der Waals surface area contributed by atoms with Crippen LogP contribution in [0, 0.1) is 0 Å². The van der Waals surface area contributed by atoms with Gasteiger partial charge in [-0.25, -0.2) is 4.79 Å². The number of carbonyl (C=O) groups is 2. The first kappa shape index (κ1) is 15.5. The molecule has 1 rings (SSSR count). The summed E-state index contributed by atoms with van der Waals surface area (Å²) >= 11 is 5.90. The molecular formula is C13H16ClNO4. The third kappa shape index (κ3) is 4.89. The number of hydrogen-bond acceptors (Lipinski definition) is 3. The summed E-state index contributed by atoms with van der Waals surface area (Å²) in [4.78, 5) is 23.6. The van der Waals surface area contributed by atoms with Crippen LogP contribution in [0.4, 0.5) is 0 Å². The average molecular weight is 286 g/mol. The molecule has 1 aromatic carbocycles. The van der Waals surface area contributed by atoms with Crippen LogP contribution in [0.15, 0.2) is 24.3 Å². The average Bonchev–Trinajstić information content (AvgIpc) is 2.36. The van der Waals surface area contributed by atoms with Gasteiger partial charge in [0.25, 0.3) is 0 Å². The first-order chi connectivity index (χ1) is 8.91. The predicted molar refractivity (Wildman–Crippen MR) is 71.1 cm³/mol. The minimum atomic E-state index is -1.10. The normalized spacial score (nSPS) is 11.9. The number of aliphatic carboxylic acids is 1. The van der Waals surface area contributed by atoms with E-state index in [1.54, 1.807) is 19.2 Å². The zero-order valence-electron chi connectivity index (χ0n) is 10.8. The van der Waals surface area contributed by atoms with Crippen LogP contribution in [0.25, 0.3) is 0 Å². The molecule has 0 radical (unpaired) electrons. The summed E-state index contributed by atoms with van der Waals surface area (Å²) in [7, 11) is 1.64. The molecule has 1 atom stereocenters. The van der Waals surface area contributed by atoms with Crippen molar-refractivity contribution < 1.29 is 19.4 Å². The van der Waals surface area contributed by atoms with Crippen LogP contribution < -0.4 is 0 Å². The molecular weight excluding hydrogens is 270 g/mol. The number of nitrogens with zero attached hydrogens (tertiary/aromatic N) is 1. The second-order valence-corrected chi connectivity index (χ2v) is 4.56. The third-order valence-corrected chi connectivity index (χ3v) is 2.99. The summed E-state index contributed by atoms with van der Waals surface area (Å²) in [5.74, 6) is -1.38. The second kappa shape index (κ2) is 7.11. The summed E-state index contributed by atoms with van der Waals surface area (Å²) in [6.45, 7) is 1.12. The number of likely N-dealkylation sites (N-methyl/N-ethyl adjacent to an activating group) is 1. The van der Waals surface area contributed by atoms with E-state index in [9.17, 15) is 9.59 Å². The first-order valence-corrected chi connectivity index (χ1v) is 6.10. The van der Waals surface area contributed by atoms with Crippen molar-refractivity contribution in [3.8, 4) is 0 Å². The number of benzene rings is 1. The zero-order valence-corrected chi connectivity index (χ0v) is 11.6. The van der Waals surface area contributed by atoms with Gasteiger partial charge in [-0.1, -0.05) is 23.7 Å². The quantitative estimate of drug-likeness (QED) is 0.868. The molecule has 0 fully saturated rings. The number of ether oxygens (including phenoxy) is 1. The van der Waals surface area contributed by atoms with Crippen LogP contribution in [0.5, 0.6) is 0 Å². The lowest BCUT2D eigenvalue weighted by molar-refractivity contribution is -0.146. The molecule has 6 heteroatoms. The zero-order chi connectivity index (χ0) is 14.4. The van der Waals surface area contributed by atoms with Crippen molar-refractivity contribution in [1.82, 2.24) is 4.90 Å². The van der Waals surface area contributed by atoms with Crippen LogP contribution in [0.2, 0.25) is 5.02 Å². The van der Waals surface area contributed by atoms with Gasteiger partial charge in [0.2, 0.25) is 5.91 Å². The molecule has 5 nitrogen and oxygen atoms in total. The highest BCUT2D eigenvalue weighted by molar-refractivity contribution is 6.30. The van der Waals surface area contributed by atoms with Crippen LogP contribution in [0.3, 0.4) is 0 Å². The summed E-state index contributed by atoms with van der Waals surface area (Å²) in [6.07, 6.45) is 0. The Kier molecular flexibility index (Phi) is 5.79. The Hall–Kier alpha value is -1.59. The van der Waals surface area contributed by atoms with Crippen molar-refractivity contribution in [1.29, 1.82) is 0 Å². The van der Waals surface area contributed by atoms with Gasteiger partial charge in [0, 0.05) is 12.1 Å². The van der Waals surface area contributed by atoms with Gasteiger partial charge >= 0.3 is 5.97 Å². The maximum absolute atomic E-state index is 11.8. The molecule has 1 unspecified atom stereocenters. The van der Waals surface area contributed by atoms with Gasteiger partial charge in [0.05, 0.1) is 6.04 Å². The minimum absolute atomic E-state index is 0.167. The summed E-state index contributed by atoms with van der Waals surface area (Å²) in [5.41, 5.74) is 0.904. The van der Waals surface area contributed by atoms with Crippen LogP contribution in [-0.4, -0.2) is 42.1 Å². The summed E-state index contributed by atoms with van der Waals surface area (Å²) in [6, 6.07) is 7.06. The standard InChI is InChI=1S/C13H16ClNO4/c1-9(10-4-3-5-11(14)6-10)15(2)12(16)7-19-8-13(17)18/h3-6,9H,7-8H2,1-2H3,(H,17,18). The Morgan fingerprint density at radius 1 is 1.42 bits per heavy atom. The molecule has 0 heterocycles. The number of rotatable bonds is 6. The Labute approximate surface area is 116 Å². The van der Waals surface area contributed by atoms with E-state index < -0.39 is 12.6 Å². The van der Waals surface area contributed by atoms with Crippen molar-refractivity contribution in [2.45, 2.75) is 13.0 Å². The number of amides is 1. The van der Waals surface area contributed by atoms with Crippen molar-refractivity contribution in [2.75, 3.05) is 20.3 Å². The third-order valence-electron chi connectivity index (χ3n) is 2.76. The van der Waals surface area contributed by atoms with E-state index in [0.717, 1.165) is 5.56 Å². The SMILES string of the molecule is CC(c1cccc(Cl)c1)N(C)C(=O)COCC(=O)O. The molecule has 0 saturated carbocycles. The van der Waals surface area contributed by atoms with Crippen molar-refractivity contribution in [2.24, 2.45) is 0 Å². The number of halogens is 1. The molecule has 0 bridgehead atoms. The monoisotopic (exact) mass is 285 g/mol. The summed E-state index contributed by atoms with van der Waals surface area (Å²) < 4.78 is 4.77. The van der Waals surface area contributed by atoms with E-state index in [4.69, 9.17) is 21.4 Å². The van der Waals surface area contributed by atoms with E-state index in [1.165, 1.54) is 4.90 Å². The molecule has 1 amide bonds. The topological polar surface area (TPSA) is 66.8 Å². The van der Waals surface area contributed by atoms with Crippen LogP contribution >= 0.6 is 11.6 Å². The van der Waals surface area contributed by atoms with Gasteiger partial charge in [-0.15, -0.1) is 0 Å². The molecule has 0 saturated heterocycles. The minimum Gasteiger partial charge on any atom is -0.480 e. The number of hydrogen-bond donors (Lipinski definition) is 1. The fraction of sp³-hybridized carbons (Fsp3) is 0.385. The number of carboxylic acids is 1.